The molecule has 0 saturated heterocycles. The van der Waals surface area contributed by atoms with Gasteiger partial charge in [-0.1, -0.05) is 23.2 Å². The lowest BCUT2D eigenvalue weighted by molar-refractivity contribution is 0.111. The van der Waals surface area contributed by atoms with Crippen LogP contribution in [0.15, 0.2) is 36.4 Å². The highest BCUT2D eigenvalue weighted by Crippen LogP contribution is 2.23. The topological polar surface area (TPSA) is 18.5 Å². The van der Waals surface area contributed by atoms with Crippen LogP contribution in [0.3, 0.4) is 0 Å². The first kappa shape index (κ1) is 13.9. The van der Waals surface area contributed by atoms with E-state index in [1.807, 2.05) is 0 Å². The van der Waals surface area contributed by atoms with Crippen LogP contribution in [0.1, 0.15) is 0 Å². The molecule has 0 amide bonds. The fourth-order valence-electron chi connectivity index (χ4n) is 1.34. The van der Waals surface area contributed by atoms with Crippen LogP contribution in [0.5, 0.6) is 11.5 Å². The van der Waals surface area contributed by atoms with Gasteiger partial charge in [0.2, 0.25) is 6.79 Å². The molecule has 2 rings (SSSR count). The summed E-state index contributed by atoms with van der Waals surface area (Å²) in [5, 5.41) is 0.518. The number of halogens is 4. The van der Waals surface area contributed by atoms with Crippen molar-refractivity contribution in [2.75, 3.05) is 6.79 Å². The van der Waals surface area contributed by atoms with Gasteiger partial charge in [-0.15, -0.1) is 0 Å². The van der Waals surface area contributed by atoms with Crippen molar-refractivity contribution in [2.24, 2.45) is 0 Å². The second-order valence-corrected chi connectivity index (χ2v) is 4.43. The number of ether oxygens (including phenoxy) is 2. The maximum Gasteiger partial charge on any atom is 0.231 e. The molecule has 0 N–H and O–H groups in total. The Morgan fingerprint density at radius 3 is 1.58 bits per heavy atom. The van der Waals surface area contributed by atoms with E-state index in [4.69, 9.17) is 32.7 Å². The van der Waals surface area contributed by atoms with E-state index in [1.165, 1.54) is 24.3 Å². The molecular weight excluding hydrogens is 297 g/mol. The zero-order chi connectivity index (χ0) is 13.8. The summed E-state index contributed by atoms with van der Waals surface area (Å²) in [6.07, 6.45) is 0. The first-order chi connectivity index (χ1) is 9.06. The van der Waals surface area contributed by atoms with Gasteiger partial charge in [0.1, 0.15) is 0 Å². The molecule has 0 spiro atoms. The number of hydrogen-bond acceptors (Lipinski definition) is 2. The molecule has 0 atom stereocenters. The van der Waals surface area contributed by atoms with Crippen LogP contribution in [0.4, 0.5) is 8.78 Å². The van der Waals surface area contributed by atoms with Crippen molar-refractivity contribution >= 4 is 23.2 Å². The average Bonchev–Trinajstić information content (AvgIpc) is 2.34. The van der Waals surface area contributed by atoms with Crippen molar-refractivity contribution in [3.63, 3.8) is 0 Å². The monoisotopic (exact) mass is 304 g/mol. The minimum Gasteiger partial charge on any atom is -0.454 e. The molecule has 0 aromatic heterocycles. The van der Waals surface area contributed by atoms with Gasteiger partial charge in [0.05, 0.1) is 0 Å². The zero-order valence-electron chi connectivity index (χ0n) is 9.50. The van der Waals surface area contributed by atoms with Crippen molar-refractivity contribution in [3.8, 4) is 11.5 Å². The fraction of sp³-hybridized carbons (Fsp3) is 0.0769. The van der Waals surface area contributed by atoms with E-state index in [2.05, 4.69) is 0 Å². The van der Waals surface area contributed by atoms with E-state index >= 15 is 0 Å². The summed E-state index contributed by atoms with van der Waals surface area (Å²) < 4.78 is 36.8. The summed E-state index contributed by atoms with van der Waals surface area (Å²) in [6, 6.07) is 7.89. The Balaban J connectivity index is 1.96. The standard InChI is InChI=1S/C13H8Cl2F2O2/c14-8-1-3-12(10(16)5-8)18-7-19-13-4-2-9(15)6-11(13)17/h1-6H,7H2. The number of benzene rings is 2. The zero-order valence-corrected chi connectivity index (χ0v) is 11.0. The molecule has 0 aliphatic carbocycles. The molecule has 0 bridgehead atoms. The molecule has 0 radical (unpaired) electrons. The van der Waals surface area contributed by atoms with Gasteiger partial charge in [0.15, 0.2) is 23.1 Å². The Hall–Kier alpha value is -1.52. The Morgan fingerprint density at radius 1 is 0.789 bits per heavy atom. The van der Waals surface area contributed by atoms with Gasteiger partial charge < -0.3 is 9.47 Å². The van der Waals surface area contributed by atoms with E-state index in [1.54, 1.807) is 0 Å². The smallest absolute Gasteiger partial charge is 0.231 e. The van der Waals surface area contributed by atoms with E-state index in [-0.39, 0.29) is 28.3 Å². The van der Waals surface area contributed by atoms with Gasteiger partial charge in [0.25, 0.3) is 0 Å². The molecule has 2 aromatic rings. The summed E-state index contributed by atoms with van der Waals surface area (Å²) in [4.78, 5) is 0. The van der Waals surface area contributed by atoms with Crippen LogP contribution in [0, 0.1) is 11.6 Å². The lowest BCUT2D eigenvalue weighted by Crippen LogP contribution is -2.07. The molecule has 2 aromatic carbocycles. The largest absolute Gasteiger partial charge is 0.454 e. The van der Waals surface area contributed by atoms with Crippen LogP contribution in [-0.2, 0) is 0 Å². The molecule has 0 saturated carbocycles. The molecule has 19 heavy (non-hydrogen) atoms. The van der Waals surface area contributed by atoms with Crippen molar-refractivity contribution < 1.29 is 18.3 Å². The maximum atomic E-state index is 13.4. The van der Waals surface area contributed by atoms with E-state index in [9.17, 15) is 8.78 Å². The van der Waals surface area contributed by atoms with Crippen molar-refractivity contribution in [1.82, 2.24) is 0 Å². The molecule has 0 aliphatic rings. The van der Waals surface area contributed by atoms with Crippen molar-refractivity contribution in [3.05, 3.63) is 58.1 Å². The molecule has 0 heterocycles. The maximum absolute atomic E-state index is 13.4. The quantitative estimate of drug-likeness (QED) is 0.763. The Bertz CT molecular complexity index is 539. The van der Waals surface area contributed by atoms with Gasteiger partial charge in [-0.2, -0.15) is 0 Å². The van der Waals surface area contributed by atoms with Gasteiger partial charge >= 0.3 is 0 Å². The summed E-state index contributed by atoms with van der Waals surface area (Å²) in [5.74, 6) is -1.29. The predicted octanol–water partition coefficient (Wildman–Crippen LogP) is 4.69. The Kier molecular flexibility index (Phi) is 4.45. The molecule has 0 fully saturated rings. The lowest BCUT2D eigenvalue weighted by atomic mass is 10.3. The molecule has 0 unspecified atom stereocenters. The third-order valence-corrected chi connectivity index (χ3v) is 2.69. The summed E-state index contributed by atoms with van der Waals surface area (Å²) >= 11 is 11.2. The van der Waals surface area contributed by atoms with E-state index in [0.717, 1.165) is 12.1 Å². The van der Waals surface area contributed by atoms with Crippen molar-refractivity contribution in [2.45, 2.75) is 0 Å². The van der Waals surface area contributed by atoms with Crippen LogP contribution in [0.2, 0.25) is 10.0 Å². The lowest BCUT2D eigenvalue weighted by Gasteiger charge is -2.10. The van der Waals surface area contributed by atoms with Crippen LogP contribution in [0.25, 0.3) is 0 Å². The normalized spacial score (nSPS) is 10.3. The molecule has 2 nitrogen and oxygen atoms in total. The minimum atomic E-state index is -0.618. The van der Waals surface area contributed by atoms with E-state index < -0.39 is 11.6 Å². The second-order valence-electron chi connectivity index (χ2n) is 3.56. The highest BCUT2D eigenvalue weighted by molar-refractivity contribution is 6.30. The van der Waals surface area contributed by atoms with Crippen LogP contribution in [-0.4, -0.2) is 6.79 Å². The van der Waals surface area contributed by atoms with Gasteiger partial charge in [-0.05, 0) is 36.4 Å². The number of rotatable bonds is 4. The summed E-state index contributed by atoms with van der Waals surface area (Å²) in [5.41, 5.74) is 0. The third-order valence-electron chi connectivity index (χ3n) is 2.22. The third kappa shape index (κ3) is 3.72. The minimum absolute atomic E-state index is 0.0289. The molecular formula is C13H8Cl2F2O2. The Morgan fingerprint density at radius 2 is 1.21 bits per heavy atom. The Labute approximate surface area is 118 Å². The first-order valence-electron chi connectivity index (χ1n) is 5.22. The molecule has 0 aliphatic heterocycles. The van der Waals surface area contributed by atoms with Crippen molar-refractivity contribution in [1.29, 1.82) is 0 Å². The highest BCUT2D eigenvalue weighted by atomic mass is 35.5. The highest BCUT2D eigenvalue weighted by Gasteiger charge is 2.06. The molecule has 6 heteroatoms. The van der Waals surface area contributed by atoms with Gasteiger partial charge in [0, 0.05) is 10.0 Å². The van der Waals surface area contributed by atoms with E-state index in [0.29, 0.717) is 0 Å². The fourth-order valence-corrected chi connectivity index (χ4v) is 1.66. The second kappa shape index (κ2) is 6.08. The summed E-state index contributed by atoms with van der Waals surface area (Å²) in [6.45, 7) is -0.336. The molecule has 100 valence electrons. The first-order valence-corrected chi connectivity index (χ1v) is 5.97. The average molecular weight is 305 g/mol. The van der Waals surface area contributed by atoms with Crippen LogP contribution < -0.4 is 9.47 Å². The van der Waals surface area contributed by atoms with Gasteiger partial charge in [-0.25, -0.2) is 8.78 Å². The predicted molar refractivity (Wildman–Crippen MR) is 68.9 cm³/mol. The SMILES string of the molecule is Fc1cc(Cl)ccc1OCOc1ccc(Cl)cc1F. The number of hydrogen-bond donors (Lipinski definition) is 0. The summed E-state index contributed by atoms with van der Waals surface area (Å²) in [7, 11) is 0. The van der Waals surface area contributed by atoms with Crippen LogP contribution >= 0.6 is 23.2 Å². The van der Waals surface area contributed by atoms with Gasteiger partial charge in [-0.3, -0.25) is 0 Å².